The fraction of sp³-hybridized carbons (Fsp3) is 0.154. The zero-order valence-corrected chi connectivity index (χ0v) is 12.2. The molecular formula is C13H13BrN4O. The summed E-state index contributed by atoms with van der Waals surface area (Å²) in [6.07, 6.45) is 3.16. The molecule has 19 heavy (non-hydrogen) atoms. The highest BCUT2D eigenvalue weighted by Gasteiger charge is 2.10. The Bertz CT molecular complexity index is 583. The number of benzene rings is 1. The molecule has 5 nitrogen and oxygen atoms in total. The summed E-state index contributed by atoms with van der Waals surface area (Å²) in [5, 5.41) is 2.75. The normalized spacial score (nSPS) is 10.1. The summed E-state index contributed by atoms with van der Waals surface area (Å²) in [7, 11) is 3.71. The van der Waals surface area contributed by atoms with Gasteiger partial charge in [0.25, 0.3) is 5.91 Å². The number of nitrogens with zero attached hydrogens (tertiary/aromatic N) is 3. The van der Waals surface area contributed by atoms with Gasteiger partial charge in [0.15, 0.2) is 0 Å². The lowest BCUT2D eigenvalue weighted by atomic mass is 10.2. The molecule has 98 valence electrons. The van der Waals surface area contributed by atoms with Crippen molar-refractivity contribution in [1.29, 1.82) is 0 Å². The van der Waals surface area contributed by atoms with E-state index in [1.54, 1.807) is 23.4 Å². The topological polar surface area (TPSA) is 58.1 Å². The number of hydrogen-bond acceptors (Lipinski definition) is 4. The van der Waals surface area contributed by atoms with Crippen molar-refractivity contribution < 1.29 is 4.79 Å². The van der Waals surface area contributed by atoms with E-state index in [1.807, 2.05) is 32.3 Å². The highest BCUT2D eigenvalue weighted by atomic mass is 79.9. The summed E-state index contributed by atoms with van der Waals surface area (Å²) in [4.78, 5) is 22.1. The number of halogens is 1. The lowest BCUT2D eigenvalue weighted by Gasteiger charge is -2.10. The average molecular weight is 321 g/mol. The lowest BCUT2D eigenvalue weighted by Crippen LogP contribution is -2.15. The second kappa shape index (κ2) is 5.79. The van der Waals surface area contributed by atoms with E-state index in [0.29, 0.717) is 17.2 Å². The Morgan fingerprint density at radius 2 is 1.84 bits per heavy atom. The monoisotopic (exact) mass is 320 g/mol. The molecule has 1 heterocycles. The van der Waals surface area contributed by atoms with Crippen LogP contribution in [0.5, 0.6) is 0 Å². The van der Waals surface area contributed by atoms with Gasteiger partial charge < -0.3 is 10.2 Å². The molecule has 1 N–H and O–H groups in total. The third-order valence-corrected chi connectivity index (χ3v) is 3.11. The highest BCUT2D eigenvalue weighted by molar-refractivity contribution is 9.10. The summed E-state index contributed by atoms with van der Waals surface area (Å²) in [6, 6.07) is 7.23. The highest BCUT2D eigenvalue weighted by Crippen LogP contribution is 2.17. The van der Waals surface area contributed by atoms with Gasteiger partial charge in [-0.1, -0.05) is 12.1 Å². The molecule has 0 aliphatic rings. The van der Waals surface area contributed by atoms with Gasteiger partial charge >= 0.3 is 0 Å². The summed E-state index contributed by atoms with van der Waals surface area (Å²) < 4.78 is 0.748. The molecule has 0 saturated heterocycles. The molecule has 0 spiro atoms. The first-order valence-electron chi connectivity index (χ1n) is 5.63. The van der Waals surface area contributed by atoms with Crippen LogP contribution in [0.2, 0.25) is 0 Å². The van der Waals surface area contributed by atoms with E-state index in [1.165, 1.54) is 0 Å². The lowest BCUT2D eigenvalue weighted by molar-refractivity contribution is 0.102. The molecule has 0 bridgehead atoms. The van der Waals surface area contributed by atoms with Crippen molar-refractivity contribution in [3.05, 3.63) is 46.7 Å². The summed E-state index contributed by atoms with van der Waals surface area (Å²) in [5.74, 6) is 0.396. The number of carbonyl (C=O) groups is 1. The van der Waals surface area contributed by atoms with Crippen molar-refractivity contribution in [2.75, 3.05) is 24.3 Å². The first-order valence-corrected chi connectivity index (χ1v) is 6.42. The molecule has 0 unspecified atom stereocenters. The van der Waals surface area contributed by atoms with E-state index in [2.05, 4.69) is 31.2 Å². The third-order valence-electron chi connectivity index (χ3n) is 2.41. The second-order valence-corrected chi connectivity index (χ2v) is 4.95. The maximum absolute atomic E-state index is 12.0. The Balaban J connectivity index is 2.13. The number of carbonyl (C=O) groups excluding carboxylic acids is 1. The van der Waals surface area contributed by atoms with E-state index in [9.17, 15) is 4.79 Å². The van der Waals surface area contributed by atoms with Gasteiger partial charge in [-0.2, -0.15) is 0 Å². The molecule has 0 aliphatic heterocycles. The van der Waals surface area contributed by atoms with Crippen LogP contribution in [0.4, 0.5) is 11.6 Å². The van der Waals surface area contributed by atoms with Gasteiger partial charge in [0.2, 0.25) is 5.95 Å². The first-order chi connectivity index (χ1) is 9.08. The van der Waals surface area contributed by atoms with E-state index in [-0.39, 0.29) is 5.91 Å². The van der Waals surface area contributed by atoms with Crippen LogP contribution in [0.15, 0.2) is 41.1 Å². The zero-order chi connectivity index (χ0) is 13.8. The molecule has 2 rings (SSSR count). The van der Waals surface area contributed by atoms with Crippen LogP contribution in [0.3, 0.4) is 0 Å². The zero-order valence-electron chi connectivity index (χ0n) is 10.6. The molecule has 0 fully saturated rings. The fourth-order valence-corrected chi connectivity index (χ4v) is 1.93. The minimum Gasteiger partial charge on any atom is -0.347 e. The van der Waals surface area contributed by atoms with Crippen molar-refractivity contribution in [2.24, 2.45) is 0 Å². The van der Waals surface area contributed by atoms with E-state index in [4.69, 9.17) is 0 Å². The molecule has 0 saturated carbocycles. The Morgan fingerprint density at radius 3 is 2.42 bits per heavy atom. The quantitative estimate of drug-likeness (QED) is 0.944. The van der Waals surface area contributed by atoms with Crippen LogP contribution >= 0.6 is 15.9 Å². The number of nitrogens with one attached hydrogen (secondary N) is 1. The van der Waals surface area contributed by atoms with Crippen molar-refractivity contribution in [3.63, 3.8) is 0 Å². The van der Waals surface area contributed by atoms with Gasteiger partial charge in [0, 0.05) is 18.6 Å². The number of hydrogen-bond donors (Lipinski definition) is 1. The molecule has 6 heteroatoms. The SMILES string of the molecule is CN(C)c1ncc(NC(=O)c2ccccc2Br)cn1. The summed E-state index contributed by atoms with van der Waals surface area (Å²) >= 11 is 3.34. The Morgan fingerprint density at radius 1 is 1.21 bits per heavy atom. The minimum atomic E-state index is -0.200. The number of rotatable bonds is 3. The van der Waals surface area contributed by atoms with Crippen LogP contribution in [-0.4, -0.2) is 30.0 Å². The van der Waals surface area contributed by atoms with E-state index < -0.39 is 0 Å². The average Bonchev–Trinajstić information content (AvgIpc) is 2.39. The van der Waals surface area contributed by atoms with Crippen LogP contribution < -0.4 is 10.2 Å². The third kappa shape index (κ3) is 3.29. The number of anilines is 2. The molecule has 0 aliphatic carbocycles. The number of aromatic nitrogens is 2. The molecule has 1 amide bonds. The summed E-state index contributed by atoms with van der Waals surface area (Å²) in [5.41, 5.74) is 1.13. The fourth-order valence-electron chi connectivity index (χ4n) is 1.46. The summed E-state index contributed by atoms with van der Waals surface area (Å²) in [6.45, 7) is 0. The maximum atomic E-state index is 12.0. The smallest absolute Gasteiger partial charge is 0.256 e. The van der Waals surface area contributed by atoms with Crippen LogP contribution in [-0.2, 0) is 0 Å². The number of amides is 1. The van der Waals surface area contributed by atoms with E-state index in [0.717, 1.165) is 4.47 Å². The van der Waals surface area contributed by atoms with Crippen molar-refractivity contribution in [2.45, 2.75) is 0 Å². The van der Waals surface area contributed by atoms with Gasteiger partial charge in [-0.25, -0.2) is 9.97 Å². The minimum absolute atomic E-state index is 0.200. The Hall–Kier alpha value is -1.95. The largest absolute Gasteiger partial charge is 0.347 e. The van der Waals surface area contributed by atoms with Crippen molar-refractivity contribution in [3.8, 4) is 0 Å². The molecule has 2 aromatic rings. The van der Waals surface area contributed by atoms with Crippen LogP contribution in [0.1, 0.15) is 10.4 Å². The molecule has 0 atom stereocenters. The standard InChI is InChI=1S/C13H13BrN4O/c1-18(2)13-15-7-9(8-16-13)17-12(19)10-5-3-4-6-11(10)14/h3-8H,1-2H3,(H,17,19). The van der Waals surface area contributed by atoms with Gasteiger partial charge in [0.1, 0.15) is 0 Å². The predicted octanol–water partition coefficient (Wildman–Crippen LogP) is 2.56. The molecule has 0 radical (unpaired) electrons. The molecular weight excluding hydrogens is 308 g/mol. The maximum Gasteiger partial charge on any atom is 0.256 e. The van der Waals surface area contributed by atoms with Crippen LogP contribution in [0, 0.1) is 0 Å². The van der Waals surface area contributed by atoms with Gasteiger partial charge in [-0.3, -0.25) is 4.79 Å². The van der Waals surface area contributed by atoms with Crippen molar-refractivity contribution >= 4 is 33.5 Å². The Kier molecular flexibility index (Phi) is 4.11. The van der Waals surface area contributed by atoms with Crippen LogP contribution in [0.25, 0.3) is 0 Å². The Labute approximate surface area is 119 Å². The van der Waals surface area contributed by atoms with Crippen molar-refractivity contribution in [1.82, 2.24) is 9.97 Å². The van der Waals surface area contributed by atoms with Gasteiger partial charge in [0.05, 0.1) is 23.6 Å². The molecule has 1 aromatic heterocycles. The van der Waals surface area contributed by atoms with Gasteiger partial charge in [-0.15, -0.1) is 0 Å². The molecule has 1 aromatic carbocycles. The predicted molar refractivity (Wildman–Crippen MR) is 78.5 cm³/mol. The van der Waals surface area contributed by atoms with Gasteiger partial charge in [-0.05, 0) is 28.1 Å². The first kappa shape index (κ1) is 13.5. The van der Waals surface area contributed by atoms with E-state index >= 15 is 0 Å². The second-order valence-electron chi connectivity index (χ2n) is 4.10.